The average Bonchev–Trinajstić information content (AvgIpc) is 3.03. The lowest BCUT2D eigenvalue weighted by Gasteiger charge is -2.33. The minimum atomic E-state index is 0.546. The maximum absolute atomic E-state index is 5.22. The quantitative estimate of drug-likeness (QED) is 0.771. The van der Waals surface area contributed by atoms with Gasteiger partial charge >= 0.3 is 0 Å². The van der Waals surface area contributed by atoms with Crippen LogP contribution in [-0.4, -0.2) is 39.7 Å². The molecule has 0 radical (unpaired) electrons. The van der Waals surface area contributed by atoms with Crippen molar-refractivity contribution in [2.75, 3.05) is 25.0 Å². The SMILES string of the molecule is Cc1noc2ncnc(NCC3CCCN(Cc4ccccc4)C3)c12. The minimum absolute atomic E-state index is 0.546. The summed E-state index contributed by atoms with van der Waals surface area (Å²) in [7, 11) is 0. The number of rotatable bonds is 5. The first-order valence-corrected chi connectivity index (χ1v) is 8.87. The number of aromatic nitrogens is 3. The Hall–Kier alpha value is -2.47. The van der Waals surface area contributed by atoms with Gasteiger partial charge in [0.05, 0.1) is 5.69 Å². The van der Waals surface area contributed by atoms with Gasteiger partial charge in [-0.3, -0.25) is 4.90 Å². The van der Waals surface area contributed by atoms with E-state index >= 15 is 0 Å². The molecule has 1 aliphatic rings. The first-order chi connectivity index (χ1) is 12.3. The summed E-state index contributed by atoms with van der Waals surface area (Å²) < 4.78 is 5.22. The molecule has 3 aromatic rings. The van der Waals surface area contributed by atoms with Crippen molar-refractivity contribution >= 4 is 16.9 Å². The molecule has 0 amide bonds. The predicted octanol–water partition coefficient (Wildman–Crippen LogP) is 3.25. The van der Waals surface area contributed by atoms with Crippen LogP contribution in [0.1, 0.15) is 24.1 Å². The lowest BCUT2D eigenvalue weighted by molar-refractivity contribution is 0.173. The minimum Gasteiger partial charge on any atom is -0.369 e. The second-order valence-corrected chi connectivity index (χ2v) is 6.78. The number of anilines is 1. The summed E-state index contributed by atoms with van der Waals surface area (Å²) in [5.41, 5.74) is 2.76. The molecular formula is C19H23N5O. The second kappa shape index (κ2) is 7.19. The molecule has 6 nitrogen and oxygen atoms in total. The van der Waals surface area contributed by atoms with Gasteiger partial charge in [0.25, 0.3) is 5.71 Å². The highest BCUT2D eigenvalue weighted by atomic mass is 16.5. The third-order valence-electron chi connectivity index (χ3n) is 4.85. The van der Waals surface area contributed by atoms with E-state index in [0.717, 1.165) is 36.5 Å². The Kier molecular flexibility index (Phi) is 4.61. The molecule has 4 rings (SSSR count). The number of nitrogens with one attached hydrogen (secondary N) is 1. The fraction of sp³-hybridized carbons (Fsp3) is 0.421. The molecule has 130 valence electrons. The Labute approximate surface area is 147 Å². The molecule has 2 aromatic heterocycles. The van der Waals surface area contributed by atoms with Crippen molar-refractivity contribution in [3.63, 3.8) is 0 Å². The van der Waals surface area contributed by atoms with Crippen LogP contribution in [0.4, 0.5) is 5.82 Å². The van der Waals surface area contributed by atoms with Crippen LogP contribution < -0.4 is 5.32 Å². The summed E-state index contributed by atoms with van der Waals surface area (Å²) >= 11 is 0. The van der Waals surface area contributed by atoms with Gasteiger partial charge < -0.3 is 9.84 Å². The number of benzene rings is 1. The number of hydrogen-bond donors (Lipinski definition) is 1. The fourth-order valence-electron chi connectivity index (χ4n) is 3.60. The van der Waals surface area contributed by atoms with Gasteiger partial charge in [-0.1, -0.05) is 35.5 Å². The smallest absolute Gasteiger partial charge is 0.263 e. The average molecular weight is 337 g/mol. The van der Waals surface area contributed by atoms with Crippen LogP contribution in [0.3, 0.4) is 0 Å². The van der Waals surface area contributed by atoms with Crippen LogP contribution in [-0.2, 0) is 6.54 Å². The Balaban J connectivity index is 1.38. The van der Waals surface area contributed by atoms with Crippen LogP contribution >= 0.6 is 0 Å². The van der Waals surface area contributed by atoms with E-state index in [1.807, 2.05) is 6.92 Å². The van der Waals surface area contributed by atoms with Crippen LogP contribution in [0, 0.1) is 12.8 Å². The van der Waals surface area contributed by atoms with E-state index in [-0.39, 0.29) is 0 Å². The summed E-state index contributed by atoms with van der Waals surface area (Å²) in [6, 6.07) is 10.7. The third-order valence-corrected chi connectivity index (χ3v) is 4.85. The zero-order valence-corrected chi connectivity index (χ0v) is 14.5. The monoisotopic (exact) mass is 337 g/mol. The molecule has 1 atom stereocenters. The van der Waals surface area contributed by atoms with Crippen molar-refractivity contribution in [1.29, 1.82) is 0 Å². The fourth-order valence-corrected chi connectivity index (χ4v) is 3.60. The van der Waals surface area contributed by atoms with Gasteiger partial charge in [0, 0.05) is 19.6 Å². The van der Waals surface area contributed by atoms with Gasteiger partial charge in [-0.2, -0.15) is 4.98 Å². The maximum Gasteiger partial charge on any atom is 0.263 e. The molecule has 0 bridgehead atoms. The van der Waals surface area contributed by atoms with Crippen molar-refractivity contribution in [3.05, 3.63) is 47.9 Å². The molecule has 6 heteroatoms. The number of nitrogens with zero attached hydrogens (tertiary/aromatic N) is 4. The van der Waals surface area contributed by atoms with Gasteiger partial charge in [-0.25, -0.2) is 4.98 Å². The topological polar surface area (TPSA) is 67.1 Å². The van der Waals surface area contributed by atoms with Crippen molar-refractivity contribution < 1.29 is 4.52 Å². The number of aryl methyl sites for hydroxylation is 1. The van der Waals surface area contributed by atoms with Crippen molar-refractivity contribution in [2.24, 2.45) is 5.92 Å². The number of hydrogen-bond acceptors (Lipinski definition) is 6. The number of piperidine rings is 1. The molecule has 1 fully saturated rings. The molecule has 3 heterocycles. The first kappa shape index (κ1) is 16.0. The summed E-state index contributed by atoms with van der Waals surface area (Å²) in [6.45, 7) is 6.14. The summed E-state index contributed by atoms with van der Waals surface area (Å²) in [4.78, 5) is 11.1. The predicted molar refractivity (Wildman–Crippen MR) is 97.3 cm³/mol. The van der Waals surface area contributed by atoms with Crippen LogP contribution in [0.15, 0.2) is 41.2 Å². The Bertz CT molecular complexity index is 832. The van der Waals surface area contributed by atoms with E-state index < -0.39 is 0 Å². The van der Waals surface area contributed by atoms with Gasteiger partial charge in [0.1, 0.15) is 17.5 Å². The lowest BCUT2D eigenvalue weighted by Crippen LogP contribution is -2.37. The largest absolute Gasteiger partial charge is 0.369 e. The zero-order chi connectivity index (χ0) is 17.1. The molecule has 25 heavy (non-hydrogen) atoms. The van der Waals surface area contributed by atoms with Crippen molar-refractivity contribution in [1.82, 2.24) is 20.0 Å². The molecule has 0 saturated carbocycles. The van der Waals surface area contributed by atoms with E-state index in [4.69, 9.17) is 4.52 Å². The highest BCUT2D eigenvalue weighted by molar-refractivity contribution is 5.87. The van der Waals surface area contributed by atoms with E-state index in [2.05, 4.69) is 55.7 Å². The van der Waals surface area contributed by atoms with E-state index in [9.17, 15) is 0 Å². The van der Waals surface area contributed by atoms with Crippen LogP contribution in [0.2, 0.25) is 0 Å². The van der Waals surface area contributed by atoms with Gasteiger partial charge in [-0.05, 0) is 37.8 Å². The van der Waals surface area contributed by atoms with Crippen molar-refractivity contribution in [3.8, 4) is 0 Å². The number of fused-ring (bicyclic) bond motifs is 1. The molecular weight excluding hydrogens is 314 g/mol. The summed E-state index contributed by atoms with van der Waals surface area (Å²) in [6.07, 6.45) is 4.01. The second-order valence-electron chi connectivity index (χ2n) is 6.78. The summed E-state index contributed by atoms with van der Waals surface area (Å²) in [5, 5.41) is 8.36. The molecule has 1 aliphatic heterocycles. The van der Waals surface area contributed by atoms with Crippen LogP contribution in [0.25, 0.3) is 11.1 Å². The van der Waals surface area contributed by atoms with Crippen LogP contribution in [0.5, 0.6) is 0 Å². The first-order valence-electron chi connectivity index (χ1n) is 8.87. The molecule has 1 N–H and O–H groups in total. The molecule has 1 aromatic carbocycles. The number of likely N-dealkylation sites (tertiary alicyclic amines) is 1. The summed E-state index contributed by atoms with van der Waals surface area (Å²) in [5.74, 6) is 1.44. The molecule has 1 unspecified atom stereocenters. The van der Waals surface area contributed by atoms with E-state index in [0.29, 0.717) is 11.6 Å². The zero-order valence-electron chi connectivity index (χ0n) is 14.5. The standard InChI is InChI=1S/C19H23N5O/c1-14-17-18(21-13-22-19(17)25-23-14)20-10-16-8-5-9-24(12-16)11-15-6-3-2-4-7-15/h2-4,6-7,13,16H,5,8-12H2,1H3,(H,20,21,22). The van der Waals surface area contributed by atoms with Gasteiger partial charge in [0.15, 0.2) is 0 Å². The third kappa shape index (κ3) is 3.64. The Morgan fingerprint density at radius 2 is 2.12 bits per heavy atom. The lowest BCUT2D eigenvalue weighted by atomic mass is 9.97. The Morgan fingerprint density at radius 1 is 1.24 bits per heavy atom. The maximum atomic E-state index is 5.22. The normalized spacial score (nSPS) is 18.5. The molecule has 1 saturated heterocycles. The van der Waals surface area contributed by atoms with Gasteiger partial charge in [-0.15, -0.1) is 0 Å². The van der Waals surface area contributed by atoms with Crippen molar-refractivity contribution in [2.45, 2.75) is 26.3 Å². The Morgan fingerprint density at radius 3 is 3.00 bits per heavy atom. The van der Waals surface area contributed by atoms with E-state index in [1.165, 1.54) is 31.3 Å². The van der Waals surface area contributed by atoms with E-state index in [1.54, 1.807) is 0 Å². The highest BCUT2D eigenvalue weighted by Gasteiger charge is 2.21. The molecule has 0 spiro atoms. The van der Waals surface area contributed by atoms with Gasteiger partial charge in [0.2, 0.25) is 0 Å². The highest BCUT2D eigenvalue weighted by Crippen LogP contribution is 2.24. The molecule has 0 aliphatic carbocycles.